The summed E-state index contributed by atoms with van der Waals surface area (Å²) in [6.07, 6.45) is 3.58. The van der Waals surface area contributed by atoms with E-state index < -0.39 is 0 Å². The molecule has 158 valence electrons. The van der Waals surface area contributed by atoms with Gasteiger partial charge in [-0.15, -0.1) is 11.3 Å². The largest absolute Gasteiger partial charge is 0.331 e. The molecule has 0 radical (unpaired) electrons. The van der Waals surface area contributed by atoms with Crippen LogP contribution in [0.25, 0.3) is 10.2 Å². The van der Waals surface area contributed by atoms with Crippen molar-refractivity contribution in [2.24, 2.45) is 0 Å². The van der Waals surface area contributed by atoms with Crippen molar-refractivity contribution in [2.75, 3.05) is 0 Å². The maximum absolute atomic E-state index is 13.9. The van der Waals surface area contributed by atoms with Crippen molar-refractivity contribution >= 4 is 27.5 Å². The van der Waals surface area contributed by atoms with E-state index in [1.807, 2.05) is 65.7 Å². The van der Waals surface area contributed by atoms with Gasteiger partial charge in [-0.2, -0.15) is 0 Å². The van der Waals surface area contributed by atoms with Crippen molar-refractivity contribution in [1.82, 2.24) is 14.5 Å². The van der Waals surface area contributed by atoms with Gasteiger partial charge in [-0.3, -0.25) is 9.78 Å². The Hall–Kier alpha value is -3.70. The lowest BCUT2D eigenvalue weighted by molar-refractivity contribution is 0.0720. The van der Waals surface area contributed by atoms with E-state index in [9.17, 15) is 4.79 Å². The molecule has 32 heavy (non-hydrogen) atoms. The van der Waals surface area contributed by atoms with Gasteiger partial charge in [-0.1, -0.05) is 66.7 Å². The van der Waals surface area contributed by atoms with Crippen molar-refractivity contribution in [1.29, 1.82) is 0 Å². The topological polar surface area (TPSA) is 38.1 Å². The highest BCUT2D eigenvalue weighted by Gasteiger charge is 2.23. The molecule has 0 bridgehead atoms. The third kappa shape index (κ3) is 4.34. The number of amides is 1. The Morgan fingerprint density at radius 3 is 2.25 bits per heavy atom. The number of benzene rings is 2. The second kappa shape index (κ2) is 9.20. The molecule has 0 unspecified atom stereocenters. The molecule has 0 saturated carbocycles. The first-order valence-corrected chi connectivity index (χ1v) is 11.5. The Morgan fingerprint density at radius 1 is 0.844 bits per heavy atom. The van der Waals surface area contributed by atoms with Crippen LogP contribution in [-0.2, 0) is 19.6 Å². The summed E-state index contributed by atoms with van der Waals surface area (Å²) in [4.78, 5) is 20.1. The van der Waals surface area contributed by atoms with Gasteiger partial charge >= 0.3 is 0 Å². The van der Waals surface area contributed by atoms with E-state index >= 15 is 0 Å². The SMILES string of the molecule is O=C(c1cc2sccc2n1Cc1ccccc1)N(Cc1ccccc1)Cc1cccnc1. The lowest BCUT2D eigenvalue weighted by atomic mass is 10.1. The Morgan fingerprint density at radius 2 is 1.53 bits per heavy atom. The Bertz CT molecular complexity index is 1270. The van der Waals surface area contributed by atoms with Crippen molar-refractivity contribution in [3.05, 3.63) is 125 Å². The van der Waals surface area contributed by atoms with Crippen LogP contribution in [0.15, 0.2) is 103 Å². The fraction of sp³-hybridized carbons (Fsp3) is 0.111. The van der Waals surface area contributed by atoms with Gasteiger partial charge in [-0.05, 0) is 40.3 Å². The van der Waals surface area contributed by atoms with E-state index in [0.717, 1.165) is 27.0 Å². The normalized spacial score (nSPS) is 11.0. The molecule has 4 nitrogen and oxygen atoms in total. The van der Waals surface area contributed by atoms with Gasteiger partial charge in [0.05, 0.1) is 10.2 Å². The third-order valence-corrected chi connectivity index (χ3v) is 6.38. The fourth-order valence-corrected chi connectivity index (χ4v) is 4.79. The number of rotatable bonds is 7. The summed E-state index contributed by atoms with van der Waals surface area (Å²) >= 11 is 1.67. The molecular weight excluding hydrogens is 414 g/mol. The van der Waals surface area contributed by atoms with Crippen LogP contribution < -0.4 is 0 Å². The zero-order valence-electron chi connectivity index (χ0n) is 17.6. The Kier molecular flexibility index (Phi) is 5.81. The Labute approximate surface area is 191 Å². The summed E-state index contributed by atoms with van der Waals surface area (Å²) in [6.45, 7) is 1.71. The van der Waals surface area contributed by atoms with Crippen LogP contribution in [0.2, 0.25) is 0 Å². The van der Waals surface area contributed by atoms with Gasteiger partial charge < -0.3 is 9.47 Å². The lowest BCUT2D eigenvalue weighted by Crippen LogP contribution is -2.32. The molecule has 5 rings (SSSR count). The van der Waals surface area contributed by atoms with Crippen LogP contribution in [0.1, 0.15) is 27.2 Å². The molecule has 5 heteroatoms. The predicted molar refractivity (Wildman–Crippen MR) is 130 cm³/mol. The molecule has 0 aliphatic rings. The standard InChI is InChI=1S/C27H23N3OS/c31-27(29(18-21-8-3-1-4-9-21)19-23-12-7-14-28-17-23)25-16-26-24(13-15-32-26)30(25)20-22-10-5-2-6-11-22/h1-17H,18-20H2. The van der Waals surface area contributed by atoms with Crippen molar-refractivity contribution in [2.45, 2.75) is 19.6 Å². The second-order valence-electron chi connectivity index (χ2n) is 7.78. The van der Waals surface area contributed by atoms with Gasteiger partial charge in [0.2, 0.25) is 0 Å². The molecule has 5 aromatic rings. The number of nitrogens with zero attached hydrogens (tertiary/aromatic N) is 3. The van der Waals surface area contributed by atoms with Crippen molar-refractivity contribution < 1.29 is 4.79 Å². The third-order valence-electron chi connectivity index (χ3n) is 5.53. The zero-order chi connectivity index (χ0) is 21.8. The minimum absolute atomic E-state index is 0.0250. The molecule has 1 amide bonds. The fourth-order valence-electron chi connectivity index (χ4n) is 3.97. The van der Waals surface area contributed by atoms with Crippen LogP contribution in [0.3, 0.4) is 0 Å². The first kappa shape index (κ1) is 20.2. The van der Waals surface area contributed by atoms with Crippen LogP contribution in [-0.4, -0.2) is 20.4 Å². The van der Waals surface area contributed by atoms with Crippen molar-refractivity contribution in [3.63, 3.8) is 0 Å². The average molecular weight is 438 g/mol. The molecule has 0 N–H and O–H groups in total. The van der Waals surface area contributed by atoms with E-state index in [1.54, 1.807) is 17.5 Å². The average Bonchev–Trinajstić information content (AvgIpc) is 3.43. The summed E-state index contributed by atoms with van der Waals surface area (Å²) in [5.74, 6) is 0.0250. The number of carbonyl (C=O) groups is 1. The zero-order valence-corrected chi connectivity index (χ0v) is 18.4. The molecule has 3 heterocycles. The summed E-state index contributed by atoms with van der Waals surface area (Å²) in [6, 6.07) is 28.5. The minimum atomic E-state index is 0.0250. The molecule has 0 aliphatic heterocycles. The van der Waals surface area contributed by atoms with Gasteiger partial charge in [0.15, 0.2) is 0 Å². The van der Waals surface area contributed by atoms with Gasteiger partial charge in [0.1, 0.15) is 5.69 Å². The highest BCUT2D eigenvalue weighted by Crippen LogP contribution is 2.28. The molecule has 3 aromatic heterocycles. The number of aromatic nitrogens is 2. The van der Waals surface area contributed by atoms with Crippen LogP contribution >= 0.6 is 11.3 Å². The summed E-state index contributed by atoms with van der Waals surface area (Å²) in [5, 5.41) is 2.08. The Balaban J connectivity index is 1.52. The molecule has 2 aromatic carbocycles. The second-order valence-corrected chi connectivity index (χ2v) is 8.73. The summed E-state index contributed by atoms with van der Waals surface area (Å²) < 4.78 is 3.27. The lowest BCUT2D eigenvalue weighted by Gasteiger charge is -2.24. The van der Waals surface area contributed by atoms with Crippen LogP contribution in [0.5, 0.6) is 0 Å². The van der Waals surface area contributed by atoms with E-state index in [1.165, 1.54) is 5.56 Å². The van der Waals surface area contributed by atoms with Gasteiger partial charge in [-0.25, -0.2) is 0 Å². The monoisotopic (exact) mass is 437 g/mol. The van der Waals surface area contributed by atoms with Gasteiger partial charge in [0, 0.05) is 32.0 Å². The molecule has 0 atom stereocenters. The maximum Gasteiger partial charge on any atom is 0.271 e. The predicted octanol–water partition coefficient (Wildman–Crippen LogP) is 5.99. The van der Waals surface area contributed by atoms with Crippen LogP contribution in [0.4, 0.5) is 0 Å². The van der Waals surface area contributed by atoms with Crippen LogP contribution in [0, 0.1) is 0 Å². The first-order valence-electron chi connectivity index (χ1n) is 10.6. The number of hydrogen-bond acceptors (Lipinski definition) is 3. The molecule has 0 fully saturated rings. The van der Waals surface area contributed by atoms with E-state index in [0.29, 0.717) is 19.6 Å². The van der Waals surface area contributed by atoms with E-state index in [2.05, 4.69) is 45.3 Å². The maximum atomic E-state index is 13.9. The van der Waals surface area contributed by atoms with E-state index in [4.69, 9.17) is 0 Å². The highest BCUT2D eigenvalue weighted by atomic mass is 32.1. The number of thiophene rings is 1. The summed E-state index contributed by atoms with van der Waals surface area (Å²) in [5.41, 5.74) is 5.11. The van der Waals surface area contributed by atoms with Gasteiger partial charge in [0.25, 0.3) is 5.91 Å². The first-order chi connectivity index (χ1) is 15.8. The highest BCUT2D eigenvalue weighted by molar-refractivity contribution is 7.17. The molecule has 0 saturated heterocycles. The van der Waals surface area contributed by atoms with E-state index in [-0.39, 0.29) is 5.91 Å². The number of fused-ring (bicyclic) bond motifs is 1. The quantitative estimate of drug-likeness (QED) is 0.314. The molecule has 0 spiro atoms. The molecular formula is C27H23N3OS. The number of hydrogen-bond donors (Lipinski definition) is 0. The number of pyridine rings is 1. The molecule has 0 aliphatic carbocycles. The van der Waals surface area contributed by atoms with Crippen molar-refractivity contribution in [3.8, 4) is 0 Å². The minimum Gasteiger partial charge on any atom is -0.331 e. The summed E-state index contributed by atoms with van der Waals surface area (Å²) in [7, 11) is 0. The smallest absolute Gasteiger partial charge is 0.271 e. The number of carbonyl (C=O) groups excluding carboxylic acids is 1.